The van der Waals surface area contributed by atoms with Crippen LogP contribution in [0, 0.1) is 0 Å². The Morgan fingerprint density at radius 3 is 2.50 bits per heavy atom. The highest BCUT2D eigenvalue weighted by molar-refractivity contribution is 5.93. The Morgan fingerprint density at radius 1 is 1.14 bits per heavy atom. The number of hydrogen-bond donors (Lipinski definition) is 1. The number of hydrogen-bond acceptors (Lipinski definition) is 4. The predicted molar refractivity (Wildman–Crippen MR) is 112 cm³/mol. The van der Waals surface area contributed by atoms with Gasteiger partial charge in [0.25, 0.3) is 0 Å². The monoisotopic (exact) mass is 380 g/mol. The molecule has 2 atom stereocenters. The smallest absolute Gasteiger partial charge is 0.158 e. The number of allylic oxidation sites excluding steroid dienone is 1. The Labute approximate surface area is 167 Å². The highest BCUT2D eigenvalue weighted by Crippen LogP contribution is 2.16. The first-order valence-corrected chi connectivity index (χ1v) is 9.40. The van der Waals surface area contributed by atoms with Crippen LogP contribution in [0.1, 0.15) is 30.4 Å². The molecule has 0 bridgehead atoms. The van der Waals surface area contributed by atoms with Crippen molar-refractivity contribution >= 4 is 11.9 Å². The van der Waals surface area contributed by atoms with Gasteiger partial charge >= 0.3 is 0 Å². The van der Waals surface area contributed by atoms with Crippen LogP contribution in [0.2, 0.25) is 0 Å². The number of aliphatic hydroxyl groups is 1. The lowest BCUT2D eigenvalue weighted by atomic mass is 10.0. The minimum absolute atomic E-state index is 0.0723. The highest BCUT2D eigenvalue weighted by atomic mass is 16.5. The summed E-state index contributed by atoms with van der Waals surface area (Å²) in [7, 11) is 1.63. The van der Waals surface area contributed by atoms with Crippen LogP contribution in [-0.4, -0.2) is 30.2 Å². The van der Waals surface area contributed by atoms with E-state index in [1.807, 2.05) is 54.6 Å². The van der Waals surface area contributed by atoms with Gasteiger partial charge in [0.05, 0.1) is 25.9 Å². The quantitative estimate of drug-likeness (QED) is 0.433. The molecule has 0 spiro atoms. The molecule has 0 radical (unpaired) electrons. The third-order valence-corrected chi connectivity index (χ3v) is 4.31. The molecular formula is C24H28O4. The maximum Gasteiger partial charge on any atom is 0.158 e. The van der Waals surface area contributed by atoms with Crippen LogP contribution in [0.5, 0.6) is 5.75 Å². The molecule has 4 heteroatoms. The van der Waals surface area contributed by atoms with Crippen LogP contribution in [0.4, 0.5) is 0 Å². The molecule has 0 aliphatic heterocycles. The van der Waals surface area contributed by atoms with E-state index < -0.39 is 6.10 Å². The summed E-state index contributed by atoms with van der Waals surface area (Å²) in [4.78, 5) is 12.1. The molecular weight excluding hydrogens is 352 g/mol. The minimum atomic E-state index is -0.756. The van der Waals surface area contributed by atoms with Crippen molar-refractivity contribution in [1.82, 2.24) is 0 Å². The Morgan fingerprint density at radius 2 is 1.86 bits per heavy atom. The molecule has 2 aromatic rings. The van der Waals surface area contributed by atoms with Crippen molar-refractivity contribution in [3.63, 3.8) is 0 Å². The summed E-state index contributed by atoms with van der Waals surface area (Å²) in [6, 6.07) is 17.3. The Hall–Kier alpha value is -2.69. The van der Waals surface area contributed by atoms with Gasteiger partial charge in [-0.25, -0.2) is 0 Å². The fourth-order valence-electron chi connectivity index (χ4n) is 2.79. The molecule has 4 nitrogen and oxygen atoms in total. The zero-order valence-electron chi connectivity index (χ0n) is 16.3. The summed E-state index contributed by atoms with van der Waals surface area (Å²) < 4.78 is 11.1. The number of methoxy groups -OCH3 is 1. The van der Waals surface area contributed by atoms with Crippen LogP contribution < -0.4 is 4.74 Å². The summed E-state index contributed by atoms with van der Waals surface area (Å²) in [6.07, 6.45) is 5.16. The second kappa shape index (κ2) is 11.9. The number of aliphatic hydroxyl groups excluding tert-OH is 1. The second-order valence-corrected chi connectivity index (χ2v) is 6.61. The number of carbonyl (C=O) groups excluding carboxylic acids is 1. The third-order valence-electron chi connectivity index (χ3n) is 4.31. The standard InChI is InChI=1S/C24H28O4/c1-3-7-24(28-18-20-11-14-23(27-2)15-12-20)17-22(26)16-21(25)13-10-19-8-5-4-6-9-19/h3-6,8-15,22,24,26H,1,7,16-18H2,2H3/b13-10+/t22-,24-/m0/s1. The van der Waals surface area contributed by atoms with E-state index in [0.717, 1.165) is 16.9 Å². The number of benzene rings is 2. The van der Waals surface area contributed by atoms with Crippen molar-refractivity contribution in [3.8, 4) is 5.75 Å². The molecule has 0 unspecified atom stereocenters. The van der Waals surface area contributed by atoms with E-state index in [-0.39, 0.29) is 18.3 Å². The van der Waals surface area contributed by atoms with Gasteiger partial charge in [-0.05, 0) is 35.8 Å². The SMILES string of the molecule is C=CC[C@@H](C[C@@H](O)CC(=O)/C=C/c1ccccc1)OCc1ccc(OC)cc1. The fraction of sp³-hybridized carbons (Fsp3) is 0.292. The zero-order chi connectivity index (χ0) is 20.2. The molecule has 0 saturated heterocycles. The molecule has 2 aromatic carbocycles. The van der Waals surface area contributed by atoms with Gasteiger partial charge in [-0.3, -0.25) is 4.79 Å². The van der Waals surface area contributed by atoms with Crippen LogP contribution >= 0.6 is 0 Å². The molecule has 1 N–H and O–H groups in total. The van der Waals surface area contributed by atoms with E-state index >= 15 is 0 Å². The van der Waals surface area contributed by atoms with Gasteiger partial charge in [-0.15, -0.1) is 6.58 Å². The average Bonchev–Trinajstić information content (AvgIpc) is 2.71. The Balaban J connectivity index is 1.81. The van der Waals surface area contributed by atoms with E-state index in [1.54, 1.807) is 19.3 Å². The summed E-state index contributed by atoms with van der Waals surface area (Å²) in [6.45, 7) is 4.18. The number of rotatable bonds is 12. The fourth-order valence-corrected chi connectivity index (χ4v) is 2.79. The van der Waals surface area contributed by atoms with E-state index in [2.05, 4.69) is 6.58 Å². The zero-order valence-corrected chi connectivity index (χ0v) is 16.3. The molecule has 0 aromatic heterocycles. The first-order valence-electron chi connectivity index (χ1n) is 9.40. The molecule has 28 heavy (non-hydrogen) atoms. The number of ether oxygens (including phenoxy) is 2. The molecule has 0 saturated carbocycles. The second-order valence-electron chi connectivity index (χ2n) is 6.61. The molecule has 0 fully saturated rings. The summed E-state index contributed by atoms with van der Waals surface area (Å²) in [5.41, 5.74) is 1.98. The molecule has 0 heterocycles. The highest BCUT2D eigenvalue weighted by Gasteiger charge is 2.16. The van der Waals surface area contributed by atoms with Gasteiger partial charge in [-0.2, -0.15) is 0 Å². The van der Waals surface area contributed by atoms with E-state index in [9.17, 15) is 9.90 Å². The summed E-state index contributed by atoms with van der Waals surface area (Å²) >= 11 is 0. The molecule has 148 valence electrons. The van der Waals surface area contributed by atoms with Crippen molar-refractivity contribution in [2.24, 2.45) is 0 Å². The van der Waals surface area contributed by atoms with E-state index in [1.165, 1.54) is 6.08 Å². The van der Waals surface area contributed by atoms with Gasteiger partial charge < -0.3 is 14.6 Å². The topological polar surface area (TPSA) is 55.8 Å². The lowest BCUT2D eigenvalue weighted by Gasteiger charge is -2.19. The van der Waals surface area contributed by atoms with Crippen LogP contribution in [0.15, 0.2) is 73.3 Å². The van der Waals surface area contributed by atoms with Gasteiger partial charge in [0, 0.05) is 12.8 Å². The Bertz CT molecular complexity index is 750. The lowest BCUT2D eigenvalue weighted by Crippen LogP contribution is -2.22. The first-order chi connectivity index (χ1) is 13.6. The van der Waals surface area contributed by atoms with Gasteiger partial charge in [0.2, 0.25) is 0 Å². The largest absolute Gasteiger partial charge is 0.497 e. The Kier molecular flexibility index (Phi) is 9.19. The molecule has 2 rings (SSSR count). The maximum atomic E-state index is 12.1. The third kappa shape index (κ3) is 7.91. The van der Waals surface area contributed by atoms with Crippen molar-refractivity contribution in [2.75, 3.05) is 7.11 Å². The normalized spacial score (nSPS) is 13.2. The van der Waals surface area contributed by atoms with Crippen LogP contribution in [0.3, 0.4) is 0 Å². The first kappa shape index (κ1) is 21.6. The van der Waals surface area contributed by atoms with Crippen molar-refractivity contribution in [3.05, 3.63) is 84.5 Å². The van der Waals surface area contributed by atoms with Gasteiger partial charge in [-0.1, -0.05) is 54.6 Å². The maximum absolute atomic E-state index is 12.1. The average molecular weight is 380 g/mol. The van der Waals surface area contributed by atoms with Crippen molar-refractivity contribution in [1.29, 1.82) is 0 Å². The van der Waals surface area contributed by atoms with Crippen molar-refractivity contribution < 1.29 is 19.4 Å². The minimum Gasteiger partial charge on any atom is -0.497 e. The van der Waals surface area contributed by atoms with Crippen LogP contribution in [-0.2, 0) is 16.1 Å². The van der Waals surface area contributed by atoms with Crippen LogP contribution in [0.25, 0.3) is 6.08 Å². The lowest BCUT2D eigenvalue weighted by molar-refractivity contribution is -0.116. The number of ketones is 1. The number of carbonyl (C=O) groups is 1. The predicted octanol–water partition coefficient (Wildman–Crippen LogP) is 4.58. The molecule has 0 aliphatic carbocycles. The van der Waals surface area contributed by atoms with E-state index in [0.29, 0.717) is 19.4 Å². The van der Waals surface area contributed by atoms with Gasteiger partial charge in [0.15, 0.2) is 5.78 Å². The van der Waals surface area contributed by atoms with E-state index in [4.69, 9.17) is 9.47 Å². The molecule has 0 aliphatic rings. The van der Waals surface area contributed by atoms with Crippen molar-refractivity contribution in [2.45, 2.75) is 38.1 Å². The summed E-state index contributed by atoms with van der Waals surface area (Å²) in [5, 5.41) is 10.3. The molecule has 0 amide bonds. The van der Waals surface area contributed by atoms with Gasteiger partial charge in [0.1, 0.15) is 5.75 Å². The summed E-state index contributed by atoms with van der Waals surface area (Å²) in [5.74, 6) is 0.688.